The van der Waals surface area contributed by atoms with E-state index in [0.29, 0.717) is 32.1 Å². The third-order valence-corrected chi connectivity index (χ3v) is 3.25. The molecule has 0 saturated carbocycles. The van der Waals surface area contributed by atoms with Gasteiger partial charge in [0.05, 0.1) is 6.61 Å². The Hall–Kier alpha value is -1.39. The summed E-state index contributed by atoms with van der Waals surface area (Å²) in [6.07, 6.45) is 1.41. The van der Waals surface area contributed by atoms with Crippen LogP contribution in [0.5, 0.6) is 0 Å². The molecule has 98 valence electrons. The molecule has 1 fully saturated rings. The largest absolute Gasteiger partial charge is 0.377 e. The Bertz CT molecular complexity index is 380. The molecule has 0 aromatic heterocycles. The maximum atomic E-state index is 11.4. The molecule has 18 heavy (non-hydrogen) atoms. The SMILES string of the molecule is O=C1C[C@H](CCOCc2ccccc2)CN1CO. The van der Waals surface area contributed by atoms with E-state index < -0.39 is 0 Å². The highest BCUT2D eigenvalue weighted by Gasteiger charge is 2.28. The molecule has 1 amide bonds. The molecule has 0 radical (unpaired) electrons. The first-order chi connectivity index (χ1) is 8.79. The predicted molar refractivity (Wildman–Crippen MR) is 67.6 cm³/mol. The number of aliphatic hydroxyl groups excluding tert-OH is 1. The lowest BCUT2D eigenvalue weighted by molar-refractivity contribution is -0.130. The van der Waals surface area contributed by atoms with Crippen LogP contribution in [0.25, 0.3) is 0 Å². The van der Waals surface area contributed by atoms with Crippen LogP contribution in [0, 0.1) is 5.92 Å². The van der Waals surface area contributed by atoms with Crippen LogP contribution in [-0.2, 0) is 16.1 Å². The second-order valence-corrected chi connectivity index (χ2v) is 4.65. The number of rotatable bonds is 6. The van der Waals surface area contributed by atoms with E-state index in [1.165, 1.54) is 4.90 Å². The van der Waals surface area contributed by atoms with Crippen molar-refractivity contribution in [3.8, 4) is 0 Å². The number of benzene rings is 1. The molecule has 0 bridgehead atoms. The Morgan fingerprint density at radius 2 is 2.11 bits per heavy atom. The standard InChI is InChI=1S/C14H19NO3/c16-11-15-9-13(8-14(15)17)6-7-18-10-12-4-2-1-3-5-12/h1-5,13,16H,6-11H2/t13-/m0/s1. The summed E-state index contributed by atoms with van der Waals surface area (Å²) in [7, 11) is 0. The Balaban J connectivity index is 1.63. The molecule has 1 atom stereocenters. The summed E-state index contributed by atoms with van der Waals surface area (Å²) < 4.78 is 5.59. The van der Waals surface area contributed by atoms with E-state index in [1.807, 2.05) is 30.3 Å². The molecule has 1 saturated heterocycles. The molecule has 0 spiro atoms. The van der Waals surface area contributed by atoms with Crippen LogP contribution >= 0.6 is 0 Å². The second-order valence-electron chi connectivity index (χ2n) is 4.65. The summed E-state index contributed by atoms with van der Waals surface area (Å²) in [5, 5.41) is 8.95. The minimum atomic E-state index is -0.166. The van der Waals surface area contributed by atoms with Crippen molar-refractivity contribution in [2.45, 2.75) is 19.4 Å². The number of aliphatic hydroxyl groups is 1. The van der Waals surface area contributed by atoms with Gasteiger partial charge in [0.15, 0.2) is 0 Å². The molecule has 1 aromatic rings. The molecule has 1 aliphatic heterocycles. The minimum Gasteiger partial charge on any atom is -0.377 e. The fourth-order valence-corrected chi connectivity index (χ4v) is 2.20. The van der Waals surface area contributed by atoms with Crippen LogP contribution in [-0.4, -0.2) is 35.8 Å². The smallest absolute Gasteiger partial charge is 0.224 e. The third-order valence-electron chi connectivity index (χ3n) is 3.25. The van der Waals surface area contributed by atoms with Crippen molar-refractivity contribution in [3.05, 3.63) is 35.9 Å². The van der Waals surface area contributed by atoms with Crippen LogP contribution in [0.2, 0.25) is 0 Å². The van der Waals surface area contributed by atoms with Crippen molar-refractivity contribution in [3.63, 3.8) is 0 Å². The maximum absolute atomic E-state index is 11.4. The Morgan fingerprint density at radius 1 is 1.33 bits per heavy atom. The second kappa shape index (κ2) is 6.52. The van der Waals surface area contributed by atoms with Gasteiger partial charge < -0.3 is 14.7 Å². The number of likely N-dealkylation sites (tertiary alicyclic amines) is 1. The minimum absolute atomic E-state index is 0.0468. The quantitative estimate of drug-likeness (QED) is 0.775. The normalized spacial score (nSPS) is 19.5. The molecular weight excluding hydrogens is 230 g/mol. The number of amides is 1. The summed E-state index contributed by atoms with van der Waals surface area (Å²) in [4.78, 5) is 12.9. The van der Waals surface area contributed by atoms with E-state index in [1.54, 1.807) is 0 Å². The average Bonchev–Trinajstić information content (AvgIpc) is 2.76. The Labute approximate surface area is 107 Å². The maximum Gasteiger partial charge on any atom is 0.224 e. The number of hydrogen-bond acceptors (Lipinski definition) is 3. The van der Waals surface area contributed by atoms with Gasteiger partial charge >= 0.3 is 0 Å². The highest BCUT2D eigenvalue weighted by atomic mass is 16.5. The van der Waals surface area contributed by atoms with Gasteiger partial charge in [-0.15, -0.1) is 0 Å². The lowest BCUT2D eigenvalue weighted by atomic mass is 10.1. The van der Waals surface area contributed by atoms with Crippen molar-refractivity contribution in [2.75, 3.05) is 19.9 Å². The van der Waals surface area contributed by atoms with Crippen LogP contribution in [0.4, 0.5) is 0 Å². The molecule has 1 N–H and O–H groups in total. The number of carbonyl (C=O) groups is 1. The molecule has 0 aliphatic carbocycles. The monoisotopic (exact) mass is 249 g/mol. The lowest BCUT2D eigenvalue weighted by Gasteiger charge is -2.12. The first kappa shape index (κ1) is 13.1. The van der Waals surface area contributed by atoms with Crippen LogP contribution in [0.1, 0.15) is 18.4 Å². The van der Waals surface area contributed by atoms with E-state index in [2.05, 4.69) is 0 Å². The van der Waals surface area contributed by atoms with Gasteiger partial charge in [-0.1, -0.05) is 30.3 Å². The van der Waals surface area contributed by atoms with Crippen LogP contribution < -0.4 is 0 Å². The topological polar surface area (TPSA) is 49.8 Å². The van der Waals surface area contributed by atoms with Gasteiger partial charge in [-0.3, -0.25) is 4.79 Å². The zero-order chi connectivity index (χ0) is 12.8. The highest BCUT2D eigenvalue weighted by Crippen LogP contribution is 2.20. The zero-order valence-corrected chi connectivity index (χ0v) is 10.4. The molecule has 0 unspecified atom stereocenters. The summed E-state index contributed by atoms with van der Waals surface area (Å²) in [5.41, 5.74) is 1.16. The number of ether oxygens (including phenoxy) is 1. The highest BCUT2D eigenvalue weighted by molar-refractivity contribution is 5.78. The summed E-state index contributed by atoms with van der Waals surface area (Å²) >= 11 is 0. The molecule has 4 heteroatoms. The summed E-state index contributed by atoms with van der Waals surface area (Å²) in [6, 6.07) is 10.0. The van der Waals surface area contributed by atoms with E-state index in [4.69, 9.17) is 9.84 Å². The molecular formula is C14H19NO3. The van der Waals surface area contributed by atoms with Crippen LogP contribution in [0.3, 0.4) is 0 Å². The Morgan fingerprint density at radius 3 is 2.78 bits per heavy atom. The van der Waals surface area contributed by atoms with Gasteiger partial charge in [-0.25, -0.2) is 0 Å². The van der Waals surface area contributed by atoms with E-state index in [-0.39, 0.29) is 12.6 Å². The van der Waals surface area contributed by atoms with E-state index in [0.717, 1.165) is 12.0 Å². The van der Waals surface area contributed by atoms with Crippen molar-refractivity contribution < 1.29 is 14.6 Å². The number of hydrogen-bond donors (Lipinski definition) is 1. The van der Waals surface area contributed by atoms with Crippen LogP contribution in [0.15, 0.2) is 30.3 Å². The summed E-state index contributed by atoms with van der Waals surface area (Å²) in [6.45, 7) is 1.77. The van der Waals surface area contributed by atoms with E-state index in [9.17, 15) is 4.79 Å². The van der Waals surface area contributed by atoms with Gasteiger partial charge in [0.2, 0.25) is 5.91 Å². The number of carbonyl (C=O) groups excluding carboxylic acids is 1. The molecule has 1 heterocycles. The fourth-order valence-electron chi connectivity index (χ4n) is 2.20. The molecule has 1 aliphatic rings. The first-order valence-corrected chi connectivity index (χ1v) is 6.30. The average molecular weight is 249 g/mol. The van der Waals surface area contributed by atoms with Gasteiger partial charge in [0.1, 0.15) is 6.73 Å². The molecule has 1 aromatic carbocycles. The third kappa shape index (κ3) is 3.55. The van der Waals surface area contributed by atoms with Crippen molar-refractivity contribution in [1.82, 2.24) is 4.90 Å². The zero-order valence-electron chi connectivity index (χ0n) is 10.4. The number of nitrogens with zero attached hydrogens (tertiary/aromatic N) is 1. The fraction of sp³-hybridized carbons (Fsp3) is 0.500. The van der Waals surface area contributed by atoms with Crippen molar-refractivity contribution in [1.29, 1.82) is 0 Å². The molecule has 4 nitrogen and oxygen atoms in total. The van der Waals surface area contributed by atoms with Gasteiger partial charge in [-0.2, -0.15) is 0 Å². The Kier molecular flexibility index (Phi) is 4.73. The first-order valence-electron chi connectivity index (χ1n) is 6.30. The van der Waals surface area contributed by atoms with Gasteiger partial charge in [-0.05, 0) is 17.9 Å². The van der Waals surface area contributed by atoms with Crippen molar-refractivity contribution >= 4 is 5.91 Å². The molecule has 2 rings (SSSR count). The van der Waals surface area contributed by atoms with E-state index >= 15 is 0 Å². The van der Waals surface area contributed by atoms with Gasteiger partial charge in [0, 0.05) is 19.6 Å². The summed E-state index contributed by atoms with van der Waals surface area (Å²) in [5.74, 6) is 0.367. The predicted octanol–water partition coefficient (Wildman–Crippen LogP) is 1.39. The van der Waals surface area contributed by atoms with Crippen molar-refractivity contribution in [2.24, 2.45) is 5.92 Å². The lowest BCUT2D eigenvalue weighted by Crippen LogP contribution is -2.26. The van der Waals surface area contributed by atoms with Gasteiger partial charge in [0.25, 0.3) is 0 Å².